The maximum absolute atomic E-state index is 10.5. The van der Waals surface area contributed by atoms with Gasteiger partial charge in [0.25, 0.3) is 0 Å². The van der Waals surface area contributed by atoms with Crippen molar-refractivity contribution in [3.8, 4) is 6.07 Å². The van der Waals surface area contributed by atoms with Gasteiger partial charge in [-0.25, -0.2) is 0 Å². The monoisotopic (exact) mass is 216 g/mol. The number of allylic oxidation sites excluding steroid dienone is 2. The molecule has 0 bridgehead atoms. The Hall–Kier alpha value is -1.35. The lowest BCUT2D eigenvalue weighted by Crippen LogP contribution is -1.99. The first-order valence-electron chi connectivity index (χ1n) is 4.03. The first-order chi connectivity index (χ1) is 6.49. The minimum atomic E-state index is -3.63. The number of nitrogens with zero attached hydrogens (tertiary/aromatic N) is 2. The highest BCUT2D eigenvalue weighted by Crippen LogP contribution is 1.93. The lowest BCUT2D eigenvalue weighted by molar-refractivity contribution is 0.344. The second-order valence-corrected chi connectivity index (χ2v) is 4.12. The molecule has 5 nitrogen and oxygen atoms in total. The maximum Gasteiger partial charge on any atom is 0.325 e. The van der Waals surface area contributed by atoms with E-state index in [4.69, 9.17) is 5.26 Å². The first kappa shape index (κ1) is 12.7. The zero-order valence-electron chi connectivity index (χ0n) is 8.10. The minimum Gasteiger partial charge on any atom is -0.267 e. The Bertz CT molecular complexity index is 363. The molecule has 0 aromatic carbocycles. The predicted molar refractivity (Wildman–Crippen MR) is 53.0 cm³/mol. The molecule has 0 aliphatic rings. The van der Waals surface area contributed by atoms with E-state index in [9.17, 15) is 8.42 Å². The molecular weight excluding hydrogens is 204 g/mol. The number of unbranched alkanes of at least 4 members (excludes halogenated alkanes) is 1. The second-order valence-electron chi connectivity index (χ2n) is 2.56. The Balaban J connectivity index is 4.36. The third-order valence-electron chi connectivity index (χ3n) is 1.12. The molecule has 0 heterocycles. The summed E-state index contributed by atoms with van der Waals surface area (Å²) in [4.78, 5) is 0. The molecule has 0 atom stereocenters. The van der Waals surface area contributed by atoms with Crippen molar-refractivity contribution in [3.05, 3.63) is 12.2 Å². The van der Waals surface area contributed by atoms with Crippen molar-refractivity contribution in [2.75, 3.05) is 6.26 Å². The van der Waals surface area contributed by atoms with Crippen LogP contribution >= 0.6 is 0 Å². The summed E-state index contributed by atoms with van der Waals surface area (Å²) in [7, 11) is -3.63. The summed E-state index contributed by atoms with van der Waals surface area (Å²) in [5.41, 5.74) is -0.0659. The topological polar surface area (TPSA) is 79.5 Å². The second kappa shape index (κ2) is 6.16. The molecule has 6 heteroatoms. The Labute approximate surface area is 83.8 Å². The highest BCUT2D eigenvalue weighted by Gasteiger charge is 2.00. The van der Waals surface area contributed by atoms with Crippen LogP contribution in [0.1, 0.15) is 19.8 Å². The van der Waals surface area contributed by atoms with E-state index in [1.54, 1.807) is 12.1 Å². The van der Waals surface area contributed by atoms with Crippen LogP contribution in [0.25, 0.3) is 0 Å². The molecule has 0 saturated heterocycles. The minimum absolute atomic E-state index is 0.0659. The highest BCUT2D eigenvalue weighted by atomic mass is 32.2. The van der Waals surface area contributed by atoms with E-state index < -0.39 is 10.1 Å². The zero-order valence-corrected chi connectivity index (χ0v) is 8.91. The van der Waals surface area contributed by atoms with Crippen LogP contribution in [-0.4, -0.2) is 20.4 Å². The summed E-state index contributed by atoms with van der Waals surface area (Å²) < 4.78 is 25.1. The SMILES string of the molecule is CCCC=CC(C#N)=NOS(C)(=O)=O. The molecule has 0 amide bonds. The fourth-order valence-electron chi connectivity index (χ4n) is 0.558. The van der Waals surface area contributed by atoms with Crippen molar-refractivity contribution in [1.82, 2.24) is 0 Å². The molecule has 0 unspecified atom stereocenters. The van der Waals surface area contributed by atoms with E-state index in [1.807, 2.05) is 6.92 Å². The number of hydrogen-bond acceptors (Lipinski definition) is 5. The van der Waals surface area contributed by atoms with Gasteiger partial charge in [-0.1, -0.05) is 24.6 Å². The number of nitriles is 1. The molecule has 14 heavy (non-hydrogen) atoms. The van der Waals surface area contributed by atoms with Gasteiger partial charge >= 0.3 is 10.1 Å². The molecule has 0 N–H and O–H groups in total. The standard InChI is InChI=1S/C8H12N2O3S/c1-3-4-5-6-8(7-9)10-13-14(2,11)12/h5-6H,3-4H2,1-2H3. The van der Waals surface area contributed by atoms with Crippen molar-refractivity contribution in [3.63, 3.8) is 0 Å². The quantitative estimate of drug-likeness (QED) is 0.511. The molecule has 78 valence electrons. The molecule has 0 aliphatic carbocycles. The maximum atomic E-state index is 10.5. The normalized spacial score (nSPS) is 12.8. The van der Waals surface area contributed by atoms with E-state index in [-0.39, 0.29) is 5.71 Å². The number of hydrogen-bond donors (Lipinski definition) is 0. The van der Waals surface area contributed by atoms with Gasteiger partial charge in [0.2, 0.25) is 0 Å². The van der Waals surface area contributed by atoms with Crippen molar-refractivity contribution >= 4 is 15.8 Å². The Morgan fingerprint density at radius 1 is 1.64 bits per heavy atom. The molecule has 0 rings (SSSR count). The van der Waals surface area contributed by atoms with Gasteiger partial charge in [0, 0.05) is 0 Å². The Kier molecular flexibility index (Phi) is 5.56. The molecule has 0 aliphatic heterocycles. The number of oxime groups is 1. The lowest BCUT2D eigenvalue weighted by atomic mass is 10.3. The van der Waals surface area contributed by atoms with Crippen LogP contribution in [-0.2, 0) is 14.4 Å². The van der Waals surface area contributed by atoms with E-state index >= 15 is 0 Å². The first-order valence-corrected chi connectivity index (χ1v) is 5.84. The molecule has 0 saturated carbocycles. The fourth-order valence-corrected chi connectivity index (χ4v) is 0.773. The smallest absolute Gasteiger partial charge is 0.267 e. The predicted octanol–water partition coefficient (Wildman–Crippen LogP) is 1.20. The van der Waals surface area contributed by atoms with Gasteiger partial charge in [-0.3, -0.25) is 4.28 Å². The van der Waals surface area contributed by atoms with E-state index in [2.05, 4.69) is 9.44 Å². The van der Waals surface area contributed by atoms with Gasteiger partial charge in [0.15, 0.2) is 5.71 Å². The summed E-state index contributed by atoms with van der Waals surface area (Å²) >= 11 is 0. The largest absolute Gasteiger partial charge is 0.325 e. The highest BCUT2D eigenvalue weighted by molar-refractivity contribution is 7.85. The summed E-state index contributed by atoms with van der Waals surface area (Å²) in [5, 5.41) is 11.7. The van der Waals surface area contributed by atoms with Gasteiger partial charge in [0.05, 0.1) is 6.26 Å². The van der Waals surface area contributed by atoms with E-state index in [0.717, 1.165) is 19.1 Å². The van der Waals surface area contributed by atoms with Crippen LogP contribution in [0.15, 0.2) is 17.3 Å². The van der Waals surface area contributed by atoms with Gasteiger partial charge in [-0.2, -0.15) is 13.7 Å². The lowest BCUT2D eigenvalue weighted by Gasteiger charge is -1.92. The average Bonchev–Trinajstić information content (AvgIpc) is 2.09. The van der Waals surface area contributed by atoms with Crippen LogP contribution in [0.2, 0.25) is 0 Å². The van der Waals surface area contributed by atoms with Crippen molar-refractivity contribution < 1.29 is 12.7 Å². The van der Waals surface area contributed by atoms with E-state index in [1.165, 1.54) is 6.08 Å². The zero-order chi connectivity index (χ0) is 11.0. The summed E-state index contributed by atoms with van der Waals surface area (Å²) in [6, 6.07) is 1.71. The summed E-state index contributed by atoms with van der Waals surface area (Å²) in [5.74, 6) is 0. The van der Waals surface area contributed by atoms with Gasteiger partial charge in [-0.05, 0) is 12.5 Å². The fraction of sp³-hybridized carbons (Fsp3) is 0.500. The third-order valence-corrected chi connectivity index (χ3v) is 1.46. The summed E-state index contributed by atoms with van der Waals surface area (Å²) in [6.45, 7) is 1.99. The van der Waals surface area contributed by atoms with Crippen LogP contribution in [0.4, 0.5) is 0 Å². The van der Waals surface area contributed by atoms with Gasteiger partial charge < -0.3 is 0 Å². The molecule has 0 fully saturated rings. The van der Waals surface area contributed by atoms with Crippen molar-refractivity contribution in [2.45, 2.75) is 19.8 Å². The molecular formula is C8H12N2O3S. The third kappa shape index (κ3) is 7.31. The van der Waals surface area contributed by atoms with Crippen LogP contribution in [0, 0.1) is 11.3 Å². The molecule has 0 aromatic heterocycles. The Morgan fingerprint density at radius 3 is 2.71 bits per heavy atom. The van der Waals surface area contributed by atoms with E-state index in [0.29, 0.717) is 0 Å². The van der Waals surface area contributed by atoms with Gasteiger partial charge in [0.1, 0.15) is 6.07 Å². The van der Waals surface area contributed by atoms with Crippen LogP contribution in [0.3, 0.4) is 0 Å². The average molecular weight is 216 g/mol. The number of rotatable bonds is 5. The van der Waals surface area contributed by atoms with Crippen molar-refractivity contribution in [1.29, 1.82) is 5.26 Å². The Morgan fingerprint density at radius 2 is 2.29 bits per heavy atom. The van der Waals surface area contributed by atoms with Crippen LogP contribution in [0.5, 0.6) is 0 Å². The van der Waals surface area contributed by atoms with Gasteiger partial charge in [-0.15, -0.1) is 0 Å². The molecule has 0 spiro atoms. The molecule has 0 radical (unpaired) electrons. The summed E-state index contributed by atoms with van der Waals surface area (Å²) in [6.07, 6.45) is 5.77. The van der Waals surface area contributed by atoms with Crippen molar-refractivity contribution in [2.24, 2.45) is 5.16 Å². The molecule has 0 aromatic rings. The van der Waals surface area contributed by atoms with Crippen LogP contribution < -0.4 is 0 Å².